The average molecular weight is 386 g/mol. The number of nitrogens with one attached hydrogen (secondary N) is 1. The van der Waals surface area contributed by atoms with Gasteiger partial charge in [0.15, 0.2) is 0 Å². The van der Waals surface area contributed by atoms with Crippen LogP contribution in [0.15, 0.2) is 60.8 Å². The number of halogens is 3. The minimum absolute atomic E-state index is 0.266. The van der Waals surface area contributed by atoms with Crippen LogP contribution in [0.5, 0.6) is 0 Å². The molecule has 0 unspecified atom stereocenters. The van der Waals surface area contributed by atoms with Gasteiger partial charge in [0.25, 0.3) is 0 Å². The number of hydrogen-bond acceptors (Lipinski definition) is 3. The second-order valence-electron chi connectivity index (χ2n) is 6.90. The maximum atomic E-state index is 13.3. The van der Waals surface area contributed by atoms with Gasteiger partial charge in [0.1, 0.15) is 5.82 Å². The van der Waals surface area contributed by atoms with Gasteiger partial charge in [0, 0.05) is 55.9 Å². The summed E-state index contributed by atoms with van der Waals surface area (Å²) in [6.45, 7) is 3.23. The maximum Gasteiger partial charge on any atom is 0.418 e. The summed E-state index contributed by atoms with van der Waals surface area (Å²) in [7, 11) is 0. The lowest BCUT2D eigenvalue weighted by Gasteiger charge is -2.37. The Morgan fingerprint density at radius 1 is 0.893 bits per heavy atom. The monoisotopic (exact) mass is 386 g/mol. The van der Waals surface area contributed by atoms with E-state index in [-0.39, 0.29) is 5.69 Å². The van der Waals surface area contributed by atoms with Crippen molar-refractivity contribution in [2.45, 2.75) is 12.7 Å². The quantitative estimate of drug-likeness (QED) is 0.721. The zero-order chi connectivity index (χ0) is 19.6. The van der Waals surface area contributed by atoms with E-state index in [1.54, 1.807) is 12.1 Å². The van der Waals surface area contributed by atoms with Gasteiger partial charge in [0.05, 0.1) is 5.56 Å². The van der Waals surface area contributed by atoms with E-state index in [0.717, 1.165) is 23.1 Å². The van der Waals surface area contributed by atoms with Crippen LogP contribution >= 0.6 is 0 Å². The van der Waals surface area contributed by atoms with Crippen LogP contribution in [0.2, 0.25) is 0 Å². The summed E-state index contributed by atoms with van der Waals surface area (Å²) in [5.74, 6) is 0.827. The number of aromatic amines is 1. The number of piperazine rings is 1. The molecule has 2 aromatic carbocycles. The van der Waals surface area contributed by atoms with E-state index in [1.807, 2.05) is 41.4 Å². The first-order valence-corrected chi connectivity index (χ1v) is 9.23. The second-order valence-corrected chi connectivity index (χ2v) is 6.90. The number of alkyl halides is 3. The molecule has 1 aromatic heterocycles. The molecule has 1 aliphatic heterocycles. The summed E-state index contributed by atoms with van der Waals surface area (Å²) in [4.78, 5) is 11.8. The number of benzene rings is 2. The lowest BCUT2D eigenvalue weighted by molar-refractivity contribution is -0.137. The molecule has 4 nitrogen and oxygen atoms in total. The summed E-state index contributed by atoms with van der Waals surface area (Å²) in [5.41, 5.74) is 1.73. The van der Waals surface area contributed by atoms with Crippen molar-refractivity contribution in [1.82, 2.24) is 14.9 Å². The van der Waals surface area contributed by atoms with E-state index in [4.69, 9.17) is 0 Å². The highest BCUT2D eigenvalue weighted by Gasteiger charge is 2.35. The van der Waals surface area contributed by atoms with Gasteiger partial charge >= 0.3 is 6.18 Å². The van der Waals surface area contributed by atoms with Crippen LogP contribution in [-0.4, -0.2) is 41.0 Å². The van der Waals surface area contributed by atoms with Gasteiger partial charge in [-0.25, -0.2) is 4.98 Å². The Morgan fingerprint density at radius 3 is 2.29 bits per heavy atom. The molecule has 0 atom stereocenters. The van der Waals surface area contributed by atoms with Crippen molar-refractivity contribution in [3.05, 3.63) is 72.1 Å². The third-order valence-electron chi connectivity index (χ3n) is 4.99. The molecular formula is C21H21F3N4. The van der Waals surface area contributed by atoms with Crippen LogP contribution < -0.4 is 4.90 Å². The van der Waals surface area contributed by atoms with Gasteiger partial charge in [-0.1, -0.05) is 42.5 Å². The Labute approximate surface area is 161 Å². The third kappa shape index (κ3) is 4.04. The Bertz CT molecular complexity index is 913. The van der Waals surface area contributed by atoms with E-state index >= 15 is 0 Å². The molecule has 0 bridgehead atoms. The number of H-pyrrole nitrogens is 1. The molecule has 28 heavy (non-hydrogen) atoms. The summed E-state index contributed by atoms with van der Waals surface area (Å²) in [6.07, 6.45) is -2.51. The normalized spacial score (nSPS) is 15.8. The van der Waals surface area contributed by atoms with Crippen molar-refractivity contribution < 1.29 is 13.2 Å². The molecular weight excluding hydrogens is 365 g/mol. The minimum atomic E-state index is -4.34. The number of para-hydroxylation sites is 1. The second kappa shape index (κ2) is 7.67. The van der Waals surface area contributed by atoms with Gasteiger partial charge < -0.3 is 9.88 Å². The van der Waals surface area contributed by atoms with Crippen molar-refractivity contribution in [2.75, 3.05) is 31.1 Å². The smallest absolute Gasteiger partial charge is 0.368 e. The van der Waals surface area contributed by atoms with E-state index in [2.05, 4.69) is 14.9 Å². The fourth-order valence-electron chi connectivity index (χ4n) is 3.56. The van der Waals surface area contributed by atoms with Crippen molar-refractivity contribution in [3.8, 4) is 11.4 Å². The first-order valence-electron chi connectivity index (χ1n) is 9.23. The van der Waals surface area contributed by atoms with Gasteiger partial charge in [0.2, 0.25) is 0 Å². The van der Waals surface area contributed by atoms with Crippen molar-refractivity contribution in [1.29, 1.82) is 0 Å². The Hall–Kier alpha value is -2.80. The zero-order valence-electron chi connectivity index (χ0n) is 15.3. The Kier molecular flexibility index (Phi) is 5.09. The molecule has 1 aliphatic rings. The zero-order valence-corrected chi connectivity index (χ0v) is 15.3. The van der Waals surface area contributed by atoms with Crippen LogP contribution in [0, 0.1) is 0 Å². The number of imidazole rings is 1. The number of nitrogens with zero attached hydrogens (tertiary/aromatic N) is 3. The van der Waals surface area contributed by atoms with E-state index in [0.29, 0.717) is 32.7 Å². The molecule has 0 aliphatic carbocycles. The molecule has 1 saturated heterocycles. The van der Waals surface area contributed by atoms with Crippen molar-refractivity contribution in [2.24, 2.45) is 0 Å². The highest BCUT2D eigenvalue weighted by molar-refractivity contribution is 5.56. The summed E-state index contributed by atoms with van der Waals surface area (Å²) in [6, 6.07) is 15.7. The summed E-state index contributed by atoms with van der Waals surface area (Å²) < 4.78 is 39.8. The highest BCUT2D eigenvalue weighted by atomic mass is 19.4. The molecule has 3 aromatic rings. The molecule has 2 heterocycles. The molecule has 7 heteroatoms. The number of anilines is 1. The standard InChI is InChI=1S/C21H21F3N4/c22-21(23,24)18-8-4-5-9-19(18)28-12-10-27(11-13-28)15-17-14-25-20(26-17)16-6-2-1-3-7-16/h1-9,14H,10-13,15H2,(H,25,26). The van der Waals surface area contributed by atoms with Gasteiger partial charge in [-0.15, -0.1) is 0 Å². The van der Waals surface area contributed by atoms with E-state index in [9.17, 15) is 13.2 Å². The molecule has 0 radical (unpaired) electrons. The Balaban J connectivity index is 1.39. The van der Waals surface area contributed by atoms with Crippen LogP contribution in [-0.2, 0) is 12.7 Å². The SMILES string of the molecule is FC(F)(F)c1ccccc1N1CCN(Cc2cnc(-c3ccccc3)[nH]2)CC1. The first kappa shape index (κ1) is 18.6. The maximum absolute atomic E-state index is 13.3. The van der Waals surface area contributed by atoms with E-state index < -0.39 is 11.7 Å². The van der Waals surface area contributed by atoms with Crippen LogP contribution in [0.3, 0.4) is 0 Å². The summed E-state index contributed by atoms with van der Waals surface area (Å²) >= 11 is 0. The molecule has 0 spiro atoms. The number of rotatable bonds is 4. The predicted molar refractivity (Wildman–Crippen MR) is 103 cm³/mol. The highest BCUT2D eigenvalue weighted by Crippen LogP contribution is 2.36. The molecule has 1 N–H and O–H groups in total. The minimum Gasteiger partial charge on any atom is -0.368 e. The largest absolute Gasteiger partial charge is 0.418 e. The summed E-state index contributed by atoms with van der Waals surface area (Å²) in [5, 5.41) is 0. The first-order chi connectivity index (χ1) is 13.5. The van der Waals surface area contributed by atoms with Crippen molar-refractivity contribution in [3.63, 3.8) is 0 Å². The van der Waals surface area contributed by atoms with Crippen LogP contribution in [0.1, 0.15) is 11.3 Å². The molecule has 0 saturated carbocycles. The fraction of sp³-hybridized carbons (Fsp3) is 0.286. The molecule has 0 amide bonds. The predicted octanol–water partition coefficient (Wildman–Crippen LogP) is 4.42. The average Bonchev–Trinajstić information content (AvgIpc) is 3.17. The number of aromatic nitrogens is 2. The number of hydrogen-bond donors (Lipinski definition) is 1. The van der Waals surface area contributed by atoms with E-state index in [1.165, 1.54) is 6.07 Å². The Morgan fingerprint density at radius 2 is 1.57 bits per heavy atom. The van der Waals surface area contributed by atoms with Gasteiger partial charge in [-0.3, -0.25) is 4.90 Å². The topological polar surface area (TPSA) is 35.2 Å². The lowest BCUT2D eigenvalue weighted by Crippen LogP contribution is -2.46. The van der Waals surface area contributed by atoms with Gasteiger partial charge in [-0.2, -0.15) is 13.2 Å². The lowest BCUT2D eigenvalue weighted by atomic mass is 10.1. The molecule has 1 fully saturated rings. The third-order valence-corrected chi connectivity index (χ3v) is 4.99. The van der Waals surface area contributed by atoms with Gasteiger partial charge in [-0.05, 0) is 12.1 Å². The van der Waals surface area contributed by atoms with Crippen molar-refractivity contribution >= 4 is 5.69 Å². The molecule has 4 rings (SSSR count). The van der Waals surface area contributed by atoms with Crippen LogP contribution in [0.25, 0.3) is 11.4 Å². The van der Waals surface area contributed by atoms with Crippen LogP contribution in [0.4, 0.5) is 18.9 Å². The molecule has 146 valence electrons. The fourth-order valence-corrected chi connectivity index (χ4v) is 3.56.